The van der Waals surface area contributed by atoms with E-state index in [1.165, 1.54) is 12.8 Å². The van der Waals surface area contributed by atoms with Crippen LogP contribution >= 0.6 is 0 Å². The van der Waals surface area contributed by atoms with Gasteiger partial charge in [-0.3, -0.25) is 0 Å². The van der Waals surface area contributed by atoms with E-state index in [9.17, 15) is 10.2 Å². The molecule has 4 aliphatic carbocycles. The van der Waals surface area contributed by atoms with Crippen LogP contribution in [-0.2, 0) is 0 Å². The molecule has 3 saturated carbocycles. The Morgan fingerprint density at radius 1 is 1.00 bits per heavy atom. The minimum atomic E-state index is -0.283. The molecule has 0 aliphatic heterocycles. The second kappa shape index (κ2) is 8.01. The summed E-state index contributed by atoms with van der Waals surface area (Å²) in [6, 6.07) is 0. The summed E-state index contributed by atoms with van der Waals surface area (Å²) < 4.78 is 0. The van der Waals surface area contributed by atoms with Crippen molar-refractivity contribution in [2.75, 3.05) is 0 Å². The van der Waals surface area contributed by atoms with E-state index in [-0.39, 0.29) is 28.5 Å². The zero-order valence-electron chi connectivity index (χ0n) is 21.2. The minimum absolute atomic E-state index is 0.105. The lowest BCUT2D eigenvalue weighted by Gasteiger charge is -2.65. The minimum Gasteiger partial charge on any atom is -0.393 e. The summed E-state index contributed by atoms with van der Waals surface area (Å²) in [5.74, 6) is 3.61. The third-order valence-corrected chi connectivity index (χ3v) is 11.4. The molecular weight excluding hydrogens is 380 g/mol. The van der Waals surface area contributed by atoms with Crippen LogP contribution in [0.4, 0.5) is 0 Å². The molecule has 31 heavy (non-hydrogen) atoms. The first-order chi connectivity index (χ1) is 14.4. The first kappa shape index (κ1) is 23.6. The van der Waals surface area contributed by atoms with Crippen molar-refractivity contribution in [1.29, 1.82) is 0 Å². The second-order valence-corrected chi connectivity index (χ2v) is 12.9. The molecule has 2 heteroatoms. The molecule has 0 amide bonds. The third kappa shape index (κ3) is 3.41. The molecule has 0 aromatic rings. The van der Waals surface area contributed by atoms with Gasteiger partial charge in [0.05, 0.1) is 12.2 Å². The molecule has 0 aromatic carbocycles. The molecule has 2 nitrogen and oxygen atoms in total. The third-order valence-electron chi connectivity index (χ3n) is 11.4. The molecule has 4 rings (SSSR count). The van der Waals surface area contributed by atoms with Gasteiger partial charge < -0.3 is 10.2 Å². The molecule has 3 fully saturated rings. The van der Waals surface area contributed by atoms with Crippen LogP contribution in [0.3, 0.4) is 0 Å². The number of allylic oxidation sites excluding steroid dienone is 3. The Morgan fingerprint density at radius 2 is 1.71 bits per heavy atom. The van der Waals surface area contributed by atoms with Crippen molar-refractivity contribution in [2.24, 2.45) is 51.8 Å². The molecular formula is C29H48O2. The Balaban J connectivity index is 1.64. The highest BCUT2D eigenvalue weighted by Crippen LogP contribution is 2.71. The average Bonchev–Trinajstić information content (AvgIpc) is 3.04. The lowest BCUT2D eigenvalue weighted by molar-refractivity contribution is -0.151. The Morgan fingerprint density at radius 3 is 2.39 bits per heavy atom. The van der Waals surface area contributed by atoms with E-state index in [1.54, 1.807) is 5.57 Å². The van der Waals surface area contributed by atoms with Gasteiger partial charge in [0, 0.05) is 5.41 Å². The molecule has 10 atom stereocenters. The highest BCUT2D eigenvalue weighted by molar-refractivity contribution is 5.35. The van der Waals surface area contributed by atoms with E-state index in [0.29, 0.717) is 35.5 Å². The van der Waals surface area contributed by atoms with Gasteiger partial charge in [-0.15, -0.1) is 0 Å². The fourth-order valence-electron chi connectivity index (χ4n) is 8.56. The summed E-state index contributed by atoms with van der Waals surface area (Å²) in [5.41, 5.74) is 1.74. The van der Waals surface area contributed by atoms with Crippen molar-refractivity contribution < 1.29 is 10.2 Å². The standard InChI is InChI=1S/C29H48O2/c1-18(2)19(3)8-9-20(4)23-12-13-24-25-11-10-21-16-22(30)14-15-28(21,6)29(25,7)26(31)17-27(23,24)5/h8-9,11,18-24,26,30-31H,10,12-17H2,1-7H3/b9-8+/t19-,20+,21-,22+,23-,24+,26+,27+,28-,29+/m0/s1. The maximum absolute atomic E-state index is 11.8. The van der Waals surface area contributed by atoms with Gasteiger partial charge in [-0.1, -0.05) is 72.3 Å². The van der Waals surface area contributed by atoms with Crippen LogP contribution < -0.4 is 0 Å². The quantitative estimate of drug-likeness (QED) is 0.485. The predicted molar refractivity (Wildman–Crippen MR) is 130 cm³/mol. The molecule has 0 heterocycles. The lowest BCUT2D eigenvalue weighted by Crippen LogP contribution is -2.61. The fraction of sp³-hybridized carbons (Fsp3) is 0.862. The first-order valence-corrected chi connectivity index (χ1v) is 13.2. The summed E-state index contributed by atoms with van der Waals surface area (Å²) in [6.45, 7) is 16.7. The van der Waals surface area contributed by atoms with Crippen molar-refractivity contribution in [3.63, 3.8) is 0 Å². The van der Waals surface area contributed by atoms with Crippen LogP contribution in [0.1, 0.15) is 93.4 Å². The van der Waals surface area contributed by atoms with Crippen molar-refractivity contribution in [2.45, 2.75) is 106 Å². The van der Waals surface area contributed by atoms with Crippen molar-refractivity contribution in [3.05, 3.63) is 23.8 Å². The van der Waals surface area contributed by atoms with Crippen molar-refractivity contribution >= 4 is 0 Å². The molecule has 0 unspecified atom stereocenters. The average molecular weight is 429 g/mol. The summed E-state index contributed by atoms with van der Waals surface area (Å²) in [5, 5.41) is 22.1. The SMILES string of the molecule is CC(C)[C@@H](C)/C=C/[C@@H](C)[C@@H]1CC[C@@H]2C3=CC[C@H]4C[C@H](O)CC[C@]4(C)[C@@]3(C)[C@H](O)C[C@@]21C. The van der Waals surface area contributed by atoms with E-state index in [4.69, 9.17) is 0 Å². The van der Waals surface area contributed by atoms with Crippen LogP contribution in [-0.4, -0.2) is 22.4 Å². The molecule has 2 N–H and O–H groups in total. The number of aliphatic hydroxyl groups excluding tert-OH is 2. The first-order valence-electron chi connectivity index (χ1n) is 13.2. The van der Waals surface area contributed by atoms with Gasteiger partial charge in [0.1, 0.15) is 0 Å². The smallest absolute Gasteiger partial charge is 0.0641 e. The summed E-state index contributed by atoms with van der Waals surface area (Å²) >= 11 is 0. The molecule has 0 radical (unpaired) electrons. The van der Waals surface area contributed by atoms with Gasteiger partial charge in [-0.05, 0) is 91.3 Å². The van der Waals surface area contributed by atoms with E-state index in [0.717, 1.165) is 32.1 Å². The monoisotopic (exact) mass is 428 g/mol. The largest absolute Gasteiger partial charge is 0.393 e. The Labute approximate surface area is 191 Å². The maximum atomic E-state index is 11.8. The van der Waals surface area contributed by atoms with Gasteiger partial charge in [-0.2, -0.15) is 0 Å². The van der Waals surface area contributed by atoms with Gasteiger partial charge in [-0.25, -0.2) is 0 Å². The molecule has 0 spiro atoms. The van der Waals surface area contributed by atoms with E-state index in [2.05, 4.69) is 66.7 Å². The van der Waals surface area contributed by atoms with Crippen LogP contribution in [0.2, 0.25) is 0 Å². The van der Waals surface area contributed by atoms with Gasteiger partial charge in [0.15, 0.2) is 0 Å². The summed E-state index contributed by atoms with van der Waals surface area (Å²) in [4.78, 5) is 0. The molecule has 0 aromatic heterocycles. The zero-order valence-corrected chi connectivity index (χ0v) is 21.2. The lowest BCUT2D eigenvalue weighted by atomic mass is 9.40. The Bertz CT molecular complexity index is 737. The van der Waals surface area contributed by atoms with Crippen LogP contribution in [0.15, 0.2) is 23.8 Å². The zero-order chi connectivity index (χ0) is 22.8. The summed E-state index contributed by atoms with van der Waals surface area (Å²) in [7, 11) is 0. The predicted octanol–water partition coefficient (Wildman–Crippen LogP) is 6.77. The molecule has 0 bridgehead atoms. The molecule has 4 aliphatic rings. The van der Waals surface area contributed by atoms with Crippen LogP contribution in [0, 0.1) is 51.8 Å². The van der Waals surface area contributed by atoms with Gasteiger partial charge in [0.2, 0.25) is 0 Å². The number of rotatable bonds is 4. The highest BCUT2D eigenvalue weighted by Gasteiger charge is 2.66. The Kier molecular flexibility index (Phi) is 6.09. The Hall–Kier alpha value is -0.600. The van der Waals surface area contributed by atoms with Gasteiger partial charge in [0.25, 0.3) is 0 Å². The highest BCUT2D eigenvalue weighted by atomic mass is 16.3. The molecule has 176 valence electrons. The normalized spacial score (nSPS) is 49.4. The van der Waals surface area contributed by atoms with E-state index >= 15 is 0 Å². The fourth-order valence-corrected chi connectivity index (χ4v) is 8.56. The van der Waals surface area contributed by atoms with Crippen molar-refractivity contribution in [3.8, 4) is 0 Å². The number of hydrogen-bond donors (Lipinski definition) is 2. The van der Waals surface area contributed by atoms with E-state index < -0.39 is 0 Å². The second-order valence-electron chi connectivity index (χ2n) is 12.9. The maximum Gasteiger partial charge on any atom is 0.0641 e. The van der Waals surface area contributed by atoms with Gasteiger partial charge >= 0.3 is 0 Å². The van der Waals surface area contributed by atoms with Crippen LogP contribution in [0.5, 0.6) is 0 Å². The van der Waals surface area contributed by atoms with Crippen LogP contribution in [0.25, 0.3) is 0 Å². The van der Waals surface area contributed by atoms with E-state index in [1.807, 2.05) is 0 Å². The summed E-state index contributed by atoms with van der Waals surface area (Å²) in [6.07, 6.45) is 14.4. The number of aliphatic hydroxyl groups is 2. The molecule has 0 saturated heterocycles. The topological polar surface area (TPSA) is 40.5 Å². The van der Waals surface area contributed by atoms with Crippen molar-refractivity contribution in [1.82, 2.24) is 0 Å². The number of fused-ring (bicyclic) bond motifs is 5. The number of hydrogen-bond acceptors (Lipinski definition) is 2.